The van der Waals surface area contributed by atoms with Gasteiger partial charge in [0.05, 0.1) is 10.5 Å². The first-order valence-electron chi connectivity index (χ1n) is 7.80. The Morgan fingerprint density at radius 1 is 1.15 bits per heavy atom. The molecule has 0 aliphatic rings. The number of nitrogens with zero attached hydrogens (tertiary/aromatic N) is 1. The van der Waals surface area contributed by atoms with Crippen LogP contribution >= 0.6 is 11.6 Å². The van der Waals surface area contributed by atoms with Crippen molar-refractivity contribution >= 4 is 27.6 Å². The molecule has 0 bridgehead atoms. The molecular weight excluding hydrogens is 390 g/mol. The van der Waals surface area contributed by atoms with Crippen LogP contribution < -0.4 is 4.74 Å². The molecule has 0 aliphatic carbocycles. The van der Waals surface area contributed by atoms with Crippen molar-refractivity contribution in [3.05, 3.63) is 58.1 Å². The number of carboxylic acid groups (broad SMARTS) is 1. The highest BCUT2D eigenvalue weighted by Gasteiger charge is 2.17. The lowest BCUT2D eigenvalue weighted by Crippen LogP contribution is -2.22. The number of aryl methyl sites for hydroxylation is 1. The Kier molecular flexibility index (Phi) is 6.50. The molecule has 27 heavy (non-hydrogen) atoms. The van der Waals surface area contributed by atoms with Crippen LogP contribution in [0.5, 0.6) is 5.75 Å². The number of benzene rings is 2. The van der Waals surface area contributed by atoms with E-state index in [9.17, 15) is 13.2 Å². The van der Waals surface area contributed by atoms with Gasteiger partial charge in [-0.15, -0.1) is 0 Å². The summed E-state index contributed by atoms with van der Waals surface area (Å²) in [7, 11) is -0.664. The van der Waals surface area contributed by atoms with E-state index in [1.165, 1.54) is 32.3 Å². The summed E-state index contributed by atoms with van der Waals surface area (Å²) in [6.07, 6.45) is 0. The van der Waals surface area contributed by atoms with E-state index in [-0.39, 0.29) is 10.6 Å². The first kappa shape index (κ1) is 20.8. The molecule has 0 saturated carbocycles. The van der Waals surface area contributed by atoms with Gasteiger partial charge in [-0.1, -0.05) is 29.5 Å². The third-order valence-electron chi connectivity index (χ3n) is 3.61. The van der Waals surface area contributed by atoms with Crippen LogP contribution in [0.1, 0.15) is 16.7 Å². The number of sulfonamides is 1. The van der Waals surface area contributed by atoms with Crippen molar-refractivity contribution in [1.82, 2.24) is 4.31 Å². The van der Waals surface area contributed by atoms with Gasteiger partial charge in [-0.2, -0.15) is 0 Å². The molecule has 6 nitrogen and oxygen atoms in total. The van der Waals surface area contributed by atoms with E-state index in [1.807, 2.05) is 6.92 Å². The summed E-state index contributed by atoms with van der Waals surface area (Å²) >= 11 is 5.99. The van der Waals surface area contributed by atoms with E-state index in [4.69, 9.17) is 21.4 Å². The predicted octanol–water partition coefficient (Wildman–Crippen LogP) is 2.76. The Labute approximate surface area is 163 Å². The van der Waals surface area contributed by atoms with Crippen LogP contribution in [-0.4, -0.2) is 44.5 Å². The predicted molar refractivity (Wildman–Crippen MR) is 103 cm³/mol. The zero-order valence-corrected chi connectivity index (χ0v) is 16.6. The van der Waals surface area contributed by atoms with Crippen molar-refractivity contribution in [2.75, 3.05) is 20.7 Å². The van der Waals surface area contributed by atoms with Gasteiger partial charge in [0.1, 0.15) is 5.75 Å². The van der Waals surface area contributed by atoms with Crippen molar-refractivity contribution in [2.45, 2.75) is 11.8 Å². The minimum Gasteiger partial charge on any atom is -0.481 e. The van der Waals surface area contributed by atoms with Crippen LogP contribution in [-0.2, 0) is 14.8 Å². The lowest BCUT2D eigenvalue weighted by Gasteiger charge is -2.12. The van der Waals surface area contributed by atoms with Gasteiger partial charge in [0.2, 0.25) is 10.0 Å². The highest BCUT2D eigenvalue weighted by atomic mass is 35.5. The van der Waals surface area contributed by atoms with Crippen molar-refractivity contribution in [3.8, 4) is 17.6 Å². The SMILES string of the molecule is Cc1ccc(S(=O)(=O)N(C)C)cc1C#Cc1cc(Cl)ccc1OCC(=O)O. The number of hydrogen-bond acceptors (Lipinski definition) is 4. The molecule has 0 radical (unpaired) electrons. The lowest BCUT2D eigenvalue weighted by molar-refractivity contribution is -0.139. The Balaban J connectivity index is 2.46. The molecule has 0 atom stereocenters. The minimum atomic E-state index is -3.58. The zero-order chi connectivity index (χ0) is 20.2. The maximum atomic E-state index is 12.3. The van der Waals surface area contributed by atoms with Crippen LogP contribution in [0.4, 0.5) is 0 Å². The topological polar surface area (TPSA) is 83.9 Å². The zero-order valence-electron chi connectivity index (χ0n) is 15.0. The molecule has 0 aromatic heterocycles. The fourth-order valence-corrected chi connectivity index (χ4v) is 3.21. The Morgan fingerprint density at radius 3 is 2.44 bits per heavy atom. The fraction of sp³-hybridized carbons (Fsp3) is 0.211. The van der Waals surface area contributed by atoms with E-state index in [2.05, 4.69) is 11.8 Å². The molecule has 142 valence electrons. The highest BCUT2D eigenvalue weighted by molar-refractivity contribution is 7.89. The molecule has 2 aromatic carbocycles. The number of aliphatic carboxylic acids is 1. The maximum Gasteiger partial charge on any atom is 0.341 e. The fourth-order valence-electron chi connectivity index (χ4n) is 2.11. The minimum absolute atomic E-state index is 0.135. The molecule has 8 heteroatoms. The van der Waals surface area contributed by atoms with E-state index in [0.29, 0.717) is 16.1 Å². The molecule has 0 heterocycles. The number of carboxylic acids is 1. The first-order valence-corrected chi connectivity index (χ1v) is 9.62. The van der Waals surface area contributed by atoms with Crippen molar-refractivity contribution in [1.29, 1.82) is 0 Å². The second kappa shape index (κ2) is 8.44. The van der Waals surface area contributed by atoms with Gasteiger partial charge in [-0.25, -0.2) is 17.5 Å². The molecule has 0 fully saturated rings. The summed E-state index contributed by atoms with van der Waals surface area (Å²) < 4.78 is 31.0. The van der Waals surface area contributed by atoms with Crippen LogP contribution in [0.25, 0.3) is 0 Å². The summed E-state index contributed by atoms with van der Waals surface area (Å²) in [4.78, 5) is 10.8. The number of rotatable bonds is 5. The third kappa shape index (κ3) is 5.23. The number of halogens is 1. The van der Waals surface area contributed by atoms with Gasteiger partial charge in [0.25, 0.3) is 0 Å². The molecule has 2 rings (SSSR count). The summed E-state index contributed by atoms with van der Waals surface area (Å²) in [5.74, 6) is 4.97. The largest absolute Gasteiger partial charge is 0.481 e. The molecular formula is C19H18ClNO5S. The van der Waals surface area contributed by atoms with Gasteiger partial charge in [0.15, 0.2) is 6.61 Å². The monoisotopic (exact) mass is 407 g/mol. The maximum absolute atomic E-state index is 12.3. The summed E-state index contributed by atoms with van der Waals surface area (Å²) in [6.45, 7) is 1.31. The Hall–Kier alpha value is -2.53. The molecule has 0 unspecified atom stereocenters. The summed E-state index contributed by atoms with van der Waals surface area (Å²) in [5, 5.41) is 9.19. The highest BCUT2D eigenvalue weighted by Crippen LogP contribution is 2.23. The van der Waals surface area contributed by atoms with Crippen LogP contribution in [0.3, 0.4) is 0 Å². The smallest absolute Gasteiger partial charge is 0.341 e. The standard InChI is InChI=1S/C19H18ClNO5S/c1-13-4-8-17(27(24,25)21(2)3)11-14(13)5-6-15-10-16(20)7-9-18(15)26-12-19(22)23/h4,7-11H,12H2,1-3H3,(H,22,23). The number of hydrogen-bond donors (Lipinski definition) is 1. The van der Waals surface area contributed by atoms with Crippen molar-refractivity contribution in [2.24, 2.45) is 0 Å². The molecule has 1 N–H and O–H groups in total. The summed E-state index contributed by atoms with van der Waals surface area (Å²) in [6, 6.07) is 9.37. The Morgan fingerprint density at radius 2 is 1.81 bits per heavy atom. The second-order valence-corrected chi connectivity index (χ2v) is 8.43. The molecule has 0 spiro atoms. The number of carbonyl (C=O) groups is 1. The third-order valence-corrected chi connectivity index (χ3v) is 5.66. The normalized spacial score (nSPS) is 11.0. The van der Waals surface area contributed by atoms with Gasteiger partial charge >= 0.3 is 5.97 Å². The molecule has 0 aliphatic heterocycles. The van der Waals surface area contributed by atoms with E-state index in [1.54, 1.807) is 18.2 Å². The van der Waals surface area contributed by atoms with E-state index in [0.717, 1.165) is 9.87 Å². The lowest BCUT2D eigenvalue weighted by atomic mass is 10.1. The first-order chi connectivity index (χ1) is 12.6. The Bertz CT molecular complexity index is 1040. The van der Waals surface area contributed by atoms with E-state index >= 15 is 0 Å². The quantitative estimate of drug-likeness (QED) is 0.770. The van der Waals surface area contributed by atoms with Crippen molar-refractivity contribution in [3.63, 3.8) is 0 Å². The van der Waals surface area contributed by atoms with Crippen LogP contribution in [0.15, 0.2) is 41.3 Å². The number of ether oxygens (including phenoxy) is 1. The van der Waals surface area contributed by atoms with Crippen molar-refractivity contribution < 1.29 is 23.1 Å². The van der Waals surface area contributed by atoms with Crippen LogP contribution in [0, 0.1) is 18.8 Å². The second-order valence-electron chi connectivity index (χ2n) is 5.84. The molecule has 0 amide bonds. The van der Waals surface area contributed by atoms with Gasteiger partial charge < -0.3 is 9.84 Å². The van der Waals surface area contributed by atoms with Gasteiger partial charge in [0, 0.05) is 24.7 Å². The van der Waals surface area contributed by atoms with Crippen LogP contribution in [0.2, 0.25) is 5.02 Å². The van der Waals surface area contributed by atoms with Gasteiger partial charge in [-0.3, -0.25) is 0 Å². The molecule has 2 aromatic rings. The van der Waals surface area contributed by atoms with E-state index < -0.39 is 22.6 Å². The average Bonchev–Trinajstić information content (AvgIpc) is 2.59. The summed E-state index contributed by atoms with van der Waals surface area (Å²) in [5.41, 5.74) is 1.74. The molecule has 0 saturated heterocycles. The average molecular weight is 408 g/mol. The van der Waals surface area contributed by atoms with Gasteiger partial charge in [-0.05, 0) is 42.8 Å².